The van der Waals surface area contributed by atoms with Crippen LogP contribution in [0.1, 0.15) is 53.9 Å². The minimum atomic E-state index is -0.519. The largest absolute Gasteiger partial charge is 0.491 e. The molecule has 0 aromatic carbocycles. The van der Waals surface area contributed by atoms with E-state index in [9.17, 15) is 14.6 Å². The highest BCUT2D eigenvalue weighted by molar-refractivity contribution is 7.97. The van der Waals surface area contributed by atoms with Gasteiger partial charge in [0.2, 0.25) is 0 Å². The summed E-state index contributed by atoms with van der Waals surface area (Å²) in [5.74, 6) is 1.42. The summed E-state index contributed by atoms with van der Waals surface area (Å²) >= 11 is 1.43. The van der Waals surface area contributed by atoms with Gasteiger partial charge < -0.3 is 29.9 Å². The van der Waals surface area contributed by atoms with E-state index in [1.807, 2.05) is 56.4 Å². The first-order valence-electron chi connectivity index (χ1n) is 13.9. The van der Waals surface area contributed by atoms with Crippen molar-refractivity contribution in [2.24, 2.45) is 5.92 Å². The molecule has 4 N–H and O–H groups in total. The molecule has 0 bridgehead atoms. The molecule has 2 unspecified atom stereocenters. The second-order valence-electron chi connectivity index (χ2n) is 8.71. The fourth-order valence-electron chi connectivity index (χ4n) is 3.00. The third-order valence-corrected chi connectivity index (χ3v) is 6.21. The van der Waals surface area contributed by atoms with Crippen LogP contribution < -0.4 is 10.6 Å². The van der Waals surface area contributed by atoms with Crippen molar-refractivity contribution >= 4 is 17.8 Å². The van der Waals surface area contributed by atoms with Crippen LogP contribution >= 0.6 is 11.9 Å². The van der Waals surface area contributed by atoms with Crippen LogP contribution in [0.4, 0.5) is 10.2 Å². The topological polar surface area (TPSA) is 103 Å². The Morgan fingerprint density at radius 1 is 1.25 bits per heavy atom. The number of aliphatic hydroxyl groups is 2. The summed E-state index contributed by atoms with van der Waals surface area (Å²) in [6.45, 7) is 16.2. The van der Waals surface area contributed by atoms with Gasteiger partial charge in [-0.1, -0.05) is 33.4 Å². The Morgan fingerprint density at radius 2 is 2.00 bits per heavy atom. The van der Waals surface area contributed by atoms with E-state index < -0.39 is 6.10 Å². The monoisotopic (exact) mass is 579 g/mol. The first-order valence-corrected chi connectivity index (χ1v) is 14.7. The van der Waals surface area contributed by atoms with E-state index in [-0.39, 0.29) is 25.0 Å². The minimum absolute atomic E-state index is 0.0987. The van der Waals surface area contributed by atoms with E-state index in [1.165, 1.54) is 24.4 Å². The lowest BCUT2D eigenvalue weighted by atomic mass is 10.1. The van der Waals surface area contributed by atoms with Gasteiger partial charge in [-0.3, -0.25) is 0 Å². The van der Waals surface area contributed by atoms with Gasteiger partial charge in [0, 0.05) is 56.4 Å². The van der Waals surface area contributed by atoms with Gasteiger partial charge in [-0.05, 0) is 70.0 Å². The number of aliphatic hydroxyl groups excluding tert-OH is 2. The molecule has 0 aliphatic rings. The SMILES string of the molecule is C/C=C\C(=C/C(CC)CO)OCC(O)CNCCC.C=C/C(=C\C=C(\F)CC)N(C)Sc1cc(NCC)ncn1. The number of nitrogens with one attached hydrogen (secondary N) is 2. The molecule has 0 radical (unpaired) electrons. The Bertz CT molecular complexity index is 936. The maximum atomic E-state index is 13.2. The lowest BCUT2D eigenvalue weighted by Gasteiger charge is -2.18. The van der Waals surface area contributed by atoms with Gasteiger partial charge in [0.1, 0.15) is 35.6 Å². The zero-order chi connectivity index (χ0) is 30.2. The van der Waals surface area contributed by atoms with Crippen molar-refractivity contribution in [1.29, 1.82) is 0 Å². The normalized spacial score (nSPS) is 13.9. The molecule has 1 rings (SSSR count). The van der Waals surface area contributed by atoms with Crippen LogP contribution in [0, 0.1) is 5.92 Å². The number of hydrogen-bond donors (Lipinski definition) is 4. The molecule has 0 amide bonds. The summed E-state index contributed by atoms with van der Waals surface area (Å²) in [5, 5.41) is 26.0. The quantitative estimate of drug-likeness (QED) is 0.0515. The molecule has 1 aromatic rings. The number of hydrogen-bond acceptors (Lipinski definition) is 9. The number of likely N-dealkylation sites (N-methyl/N-ethyl adjacent to an activating group) is 1. The van der Waals surface area contributed by atoms with Gasteiger partial charge in [-0.25, -0.2) is 14.4 Å². The summed E-state index contributed by atoms with van der Waals surface area (Å²) in [5.41, 5.74) is 0.798. The van der Waals surface area contributed by atoms with Crippen molar-refractivity contribution in [2.75, 3.05) is 45.2 Å². The zero-order valence-corrected chi connectivity index (χ0v) is 25.9. The molecule has 10 heteroatoms. The Labute approximate surface area is 245 Å². The number of rotatable bonds is 19. The third kappa shape index (κ3) is 17.8. The summed E-state index contributed by atoms with van der Waals surface area (Å²) in [4.78, 5) is 8.33. The van der Waals surface area contributed by atoms with Crippen LogP contribution in [0.15, 0.2) is 77.7 Å². The number of halogens is 1. The first kappa shape index (κ1) is 37.3. The van der Waals surface area contributed by atoms with Crippen molar-refractivity contribution in [2.45, 2.75) is 65.0 Å². The molecule has 2 atom stereocenters. The summed E-state index contributed by atoms with van der Waals surface area (Å²) in [7, 11) is 1.88. The Hall–Kier alpha value is -2.66. The highest BCUT2D eigenvalue weighted by atomic mass is 32.2. The fraction of sp³-hybridized carbons (Fsp3) is 0.533. The van der Waals surface area contributed by atoms with Crippen molar-refractivity contribution in [3.63, 3.8) is 0 Å². The molecule has 0 aliphatic heterocycles. The molecule has 0 aliphatic carbocycles. The minimum Gasteiger partial charge on any atom is -0.491 e. The molecule has 1 heterocycles. The van der Waals surface area contributed by atoms with Crippen molar-refractivity contribution in [3.05, 3.63) is 72.7 Å². The molecule has 0 saturated carbocycles. The van der Waals surface area contributed by atoms with Gasteiger partial charge in [0.05, 0.1) is 5.83 Å². The molecule has 0 saturated heterocycles. The van der Waals surface area contributed by atoms with Crippen LogP contribution in [0.5, 0.6) is 0 Å². The fourth-order valence-corrected chi connectivity index (χ4v) is 3.78. The Morgan fingerprint density at radius 3 is 2.58 bits per heavy atom. The predicted octanol–water partition coefficient (Wildman–Crippen LogP) is 6.02. The van der Waals surface area contributed by atoms with Gasteiger partial charge in [-0.15, -0.1) is 0 Å². The van der Waals surface area contributed by atoms with E-state index in [2.05, 4.69) is 34.1 Å². The standard InChI is InChI=1S/C15H21FN4S.C15H29NO3/c1-5-12(16)8-9-13(6-2)20(4)21-15-10-14(17-7-3)18-11-19-15;1-4-7-15(9-13(6-3)11-17)19-12-14(18)10-16-8-5-2/h6,8-11H,2,5,7H2,1,3-4H3,(H,17,18,19);4,7,9,13-14,16-18H,5-6,8,10-12H2,1-3H3/b12-8+,13-9+;7-4-,15-9+. The smallest absolute Gasteiger partial charge is 0.130 e. The first-order chi connectivity index (χ1) is 19.3. The average Bonchev–Trinajstić information content (AvgIpc) is 2.95. The number of ether oxygens (including phenoxy) is 1. The van der Waals surface area contributed by atoms with Crippen LogP contribution in [0.3, 0.4) is 0 Å². The number of anilines is 1. The lowest BCUT2D eigenvalue weighted by Crippen LogP contribution is -2.30. The highest BCUT2D eigenvalue weighted by Crippen LogP contribution is 2.24. The van der Waals surface area contributed by atoms with Crippen LogP contribution in [0.25, 0.3) is 0 Å². The molecule has 0 spiro atoms. The number of nitrogens with zero attached hydrogens (tertiary/aromatic N) is 3. The van der Waals surface area contributed by atoms with E-state index in [4.69, 9.17) is 4.74 Å². The highest BCUT2D eigenvalue weighted by Gasteiger charge is 2.08. The van der Waals surface area contributed by atoms with Crippen molar-refractivity contribution in [1.82, 2.24) is 19.6 Å². The maximum absolute atomic E-state index is 13.2. The number of allylic oxidation sites excluding steroid dienone is 6. The molecule has 0 fully saturated rings. The average molecular weight is 580 g/mol. The maximum Gasteiger partial charge on any atom is 0.130 e. The second kappa shape index (κ2) is 24.2. The Balaban J connectivity index is 0.000000765. The van der Waals surface area contributed by atoms with E-state index >= 15 is 0 Å². The molecule has 40 heavy (non-hydrogen) atoms. The molecule has 1 aromatic heterocycles. The van der Waals surface area contributed by atoms with E-state index in [0.717, 1.165) is 42.5 Å². The summed E-state index contributed by atoms with van der Waals surface area (Å²) in [6, 6.07) is 1.87. The van der Waals surface area contributed by atoms with Gasteiger partial charge in [0.25, 0.3) is 0 Å². The summed E-state index contributed by atoms with van der Waals surface area (Å²) in [6.07, 6.45) is 13.8. The van der Waals surface area contributed by atoms with Crippen LogP contribution in [0.2, 0.25) is 0 Å². The molecule has 8 nitrogen and oxygen atoms in total. The van der Waals surface area contributed by atoms with Gasteiger partial charge in [-0.2, -0.15) is 0 Å². The molecular weight excluding hydrogens is 529 g/mol. The van der Waals surface area contributed by atoms with Gasteiger partial charge in [0.15, 0.2) is 0 Å². The zero-order valence-electron chi connectivity index (χ0n) is 25.1. The Kier molecular flexibility index (Phi) is 22.6. The van der Waals surface area contributed by atoms with Crippen molar-refractivity contribution < 1.29 is 19.3 Å². The molecule has 226 valence electrons. The van der Waals surface area contributed by atoms with Gasteiger partial charge >= 0.3 is 0 Å². The molecular formula is C30H50FN5O3S. The third-order valence-electron chi connectivity index (χ3n) is 5.31. The number of aromatic nitrogens is 2. The lowest BCUT2D eigenvalue weighted by molar-refractivity contribution is 0.0743. The van der Waals surface area contributed by atoms with Crippen molar-refractivity contribution in [3.8, 4) is 0 Å². The van der Waals surface area contributed by atoms with Crippen LogP contribution in [-0.4, -0.2) is 70.5 Å². The summed E-state index contributed by atoms with van der Waals surface area (Å²) < 4.78 is 20.6. The van der Waals surface area contributed by atoms with E-state index in [1.54, 1.807) is 19.1 Å². The predicted molar refractivity (Wildman–Crippen MR) is 166 cm³/mol. The van der Waals surface area contributed by atoms with E-state index in [0.29, 0.717) is 18.7 Å². The van der Waals surface area contributed by atoms with Crippen LogP contribution in [-0.2, 0) is 4.74 Å². The second-order valence-corrected chi connectivity index (χ2v) is 9.86.